The van der Waals surface area contributed by atoms with Gasteiger partial charge in [0.05, 0.1) is 18.8 Å². The standard InChI is InChI=1S/C28H33ClN6O3/c1-28(2,3)35-26(31-32-33-35)25(23-15-19-14-21(37-4)11-12-24(19)30-27(23)36)34(17-22-6-5-13-38-22)16-18-7-9-20(29)10-8-18/h7-12,14-15,22,25H,5-6,13,16-17H2,1-4H3,(H,30,36)/t22-,25+/m1/s1. The van der Waals surface area contributed by atoms with E-state index in [0.717, 1.165) is 35.9 Å². The number of methoxy groups -OCH3 is 1. The lowest BCUT2D eigenvalue weighted by atomic mass is 10.00. The van der Waals surface area contributed by atoms with Crippen LogP contribution in [0.2, 0.25) is 5.02 Å². The Kier molecular flexibility index (Phi) is 7.52. The molecule has 0 bridgehead atoms. The van der Waals surface area contributed by atoms with E-state index < -0.39 is 11.6 Å². The summed E-state index contributed by atoms with van der Waals surface area (Å²) in [4.78, 5) is 19.0. The number of ether oxygens (including phenoxy) is 2. The molecule has 2 aromatic heterocycles. The summed E-state index contributed by atoms with van der Waals surface area (Å²) in [7, 11) is 1.63. The third-order valence-electron chi connectivity index (χ3n) is 6.87. The molecule has 1 aliphatic heterocycles. The second kappa shape index (κ2) is 10.8. The Morgan fingerprint density at radius 1 is 1.21 bits per heavy atom. The first-order chi connectivity index (χ1) is 18.2. The quantitative estimate of drug-likeness (QED) is 0.348. The van der Waals surface area contributed by atoms with Crippen molar-refractivity contribution in [2.45, 2.75) is 57.8 Å². The average molecular weight is 537 g/mol. The molecule has 2 atom stereocenters. The summed E-state index contributed by atoms with van der Waals surface area (Å²) in [5, 5.41) is 14.4. The number of aromatic amines is 1. The summed E-state index contributed by atoms with van der Waals surface area (Å²) < 4.78 is 13.3. The summed E-state index contributed by atoms with van der Waals surface area (Å²) in [5.41, 5.74) is 1.76. The Balaban J connectivity index is 1.69. The number of fused-ring (bicyclic) bond motifs is 1. The fraction of sp³-hybridized carbons (Fsp3) is 0.429. The molecule has 0 amide bonds. The van der Waals surface area contributed by atoms with Crippen molar-refractivity contribution >= 4 is 22.5 Å². The van der Waals surface area contributed by atoms with Gasteiger partial charge in [0.1, 0.15) is 11.8 Å². The highest BCUT2D eigenvalue weighted by atomic mass is 35.5. The molecule has 1 saturated heterocycles. The van der Waals surface area contributed by atoms with Gasteiger partial charge in [0.15, 0.2) is 5.82 Å². The molecule has 0 saturated carbocycles. The molecule has 0 aliphatic carbocycles. The van der Waals surface area contributed by atoms with E-state index in [0.29, 0.717) is 35.2 Å². The highest BCUT2D eigenvalue weighted by molar-refractivity contribution is 6.30. The second-order valence-corrected chi connectivity index (χ2v) is 11.2. The lowest BCUT2D eigenvalue weighted by molar-refractivity contribution is 0.0564. The number of pyridine rings is 1. The third-order valence-corrected chi connectivity index (χ3v) is 7.13. The van der Waals surface area contributed by atoms with E-state index in [-0.39, 0.29) is 11.7 Å². The third kappa shape index (κ3) is 5.60. The van der Waals surface area contributed by atoms with Crippen molar-refractivity contribution in [1.29, 1.82) is 0 Å². The predicted molar refractivity (Wildman–Crippen MR) is 147 cm³/mol. The number of nitrogens with zero attached hydrogens (tertiary/aromatic N) is 5. The van der Waals surface area contributed by atoms with E-state index in [2.05, 4.69) is 25.4 Å². The molecule has 10 heteroatoms. The molecule has 0 spiro atoms. The predicted octanol–water partition coefficient (Wildman–Crippen LogP) is 4.70. The van der Waals surface area contributed by atoms with Crippen LogP contribution < -0.4 is 10.3 Å². The summed E-state index contributed by atoms with van der Waals surface area (Å²) in [6.07, 6.45) is 2.02. The van der Waals surface area contributed by atoms with Crippen molar-refractivity contribution in [2.24, 2.45) is 0 Å². The zero-order chi connectivity index (χ0) is 26.9. The van der Waals surface area contributed by atoms with Crippen LogP contribution in [0.1, 0.15) is 56.6 Å². The number of benzene rings is 2. The number of tetrazole rings is 1. The lowest BCUT2D eigenvalue weighted by Gasteiger charge is -2.34. The van der Waals surface area contributed by atoms with Gasteiger partial charge in [-0.2, -0.15) is 0 Å². The molecule has 0 unspecified atom stereocenters. The van der Waals surface area contributed by atoms with Gasteiger partial charge >= 0.3 is 0 Å². The van der Waals surface area contributed by atoms with Gasteiger partial charge in [-0.1, -0.05) is 23.7 Å². The van der Waals surface area contributed by atoms with Crippen molar-refractivity contribution in [3.05, 3.63) is 80.9 Å². The van der Waals surface area contributed by atoms with Gasteiger partial charge in [0, 0.05) is 41.2 Å². The highest BCUT2D eigenvalue weighted by Gasteiger charge is 2.35. The molecular formula is C28H33ClN6O3. The smallest absolute Gasteiger partial charge is 0.253 e. The van der Waals surface area contributed by atoms with E-state index in [1.54, 1.807) is 11.8 Å². The summed E-state index contributed by atoms with van der Waals surface area (Å²) in [6, 6.07) is 14.8. The first-order valence-electron chi connectivity index (χ1n) is 12.8. The van der Waals surface area contributed by atoms with E-state index in [1.165, 1.54) is 0 Å². The van der Waals surface area contributed by atoms with Crippen LogP contribution in [0.5, 0.6) is 5.75 Å². The van der Waals surface area contributed by atoms with Gasteiger partial charge in [0.2, 0.25) is 0 Å². The Bertz CT molecular complexity index is 1450. The van der Waals surface area contributed by atoms with E-state index >= 15 is 0 Å². The van der Waals surface area contributed by atoms with Gasteiger partial charge < -0.3 is 14.5 Å². The van der Waals surface area contributed by atoms with Gasteiger partial charge in [-0.25, -0.2) is 4.68 Å². The molecule has 4 aromatic rings. The van der Waals surface area contributed by atoms with E-state index in [4.69, 9.17) is 21.1 Å². The molecule has 3 heterocycles. The van der Waals surface area contributed by atoms with Crippen LogP contribution in [0.4, 0.5) is 0 Å². The van der Waals surface area contributed by atoms with Crippen LogP contribution in [0.25, 0.3) is 10.9 Å². The maximum absolute atomic E-state index is 13.7. The van der Waals surface area contributed by atoms with Crippen molar-refractivity contribution < 1.29 is 9.47 Å². The molecule has 9 nitrogen and oxygen atoms in total. The SMILES string of the molecule is COc1ccc2[nH]c(=O)c([C@@H](c3nnnn3C(C)(C)C)N(Cc3ccc(Cl)cc3)C[C@H]3CCCO3)cc2c1. The number of H-pyrrole nitrogens is 1. The van der Waals surface area contributed by atoms with Crippen molar-refractivity contribution in [2.75, 3.05) is 20.3 Å². The van der Waals surface area contributed by atoms with Gasteiger partial charge in [-0.3, -0.25) is 9.69 Å². The molecule has 0 radical (unpaired) electrons. The number of aromatic nitrogens is 5. The lowest BCUT2D eigenvalue weighted by Crippen LogP contribution is -2.40. The van der Waals surface area contributed by atoms with Crippen LogP contribution in [0.3, 0.4) is 0 Å². The normalized spacial score (nSPS) is 16.8. The number of hydrogen-bond acceptors (Lipinski definition) is 7. The summed E-state index contributed by atoms with van der Waals surface area (Å²) >= 11 is 6.18. The fourth-order valence-electron chi connectivity index (χ4n) is 5.01. The largest absolute Gasteiger partial charge is 0.497 e. The average Bonchev–Trinajstić information content (AvgIpc) is 3.58. The number of nitrogens with one attached hydrogen (secondary N) is 1. The zero-order valence-electron chi connectivity index (χ0n) is 22.1. The van der Waals surface area contributed by atoms with Crippen LogP contribution in [-0.4, -0.2) is 56.5 Å². The topological polar surface area (TPSA) is 98.2 Å². The van der Waals surface area contributed by atoms with Crippen LogP contribution in [0.15, 0.2) is 53.3 Å². The zero-order valence-corrected chi connectivity index (χ0v) is 22.9. The first kappa shape index (κ1) is 26.3. The fourth-order valence-corrected chi connectivity index (χ4v) is 5.13. The minimum Gasteiger partial charge on any atom is -0.497 e. The summed E-state index contributed by atoms with van der Waals surface area (Å²) in [6.45, 7) is 8.03. The maximum atomic E-state index is 13.7. The Morgan fingerprint density at radius 2 is 2.00 bits per heavy atom. The monoisotopic (exact) mass is 536 g/mol. The minimum absolute atomic E-state index is 0.0448. The van der Waals surface area contributed by atoms with Crippen LogP contribution in [-0.2, 0) is 16.8 Å². The molecule has 1 aliphatic rings. The minimum atomic E-state index is -0.538. The van der Waals surface area contributed by atoms with E-state index in [9.17, 15) is 4.79 Å². The van der Waals surface area contributed by atoms with Crippen molar-refractivity contribution in [3.8, 4) is 5.75 Å². The highest BCUT2D eigenvalue weighted by Crippen LogP contribution is 2.32. The molecule has 200 valence electrons. The number of rotatable bonds is 8. The Labute approximate surface area is 226 Å². The van der Waals surface area contributed by atoms with Gasteiger partial charge in [0.25, 0.3) is 5.56 Å². The second-order valence-electron chi connectivity index (χ2n) is 10.7. The van der Waals surface area contributed by atoms with Gasteiger partial charge in [-0.05, 0) is 86.0 Å². The number of hydrogen-bond donors (Lipinski definition) is 1. The Morgan fingerprint density at radius 3 is 2.68 bits per heavy atom. The van der Waals surface area contributed by atoms with Crippen LogP contribution >= 0.6 is 11.6 Å². The Hall–Kier alpha value is -3.27. The van der Waals surface area contributed by atoms with Crippen LogP contribution in [0, 0.1) is 0 Å². The summed E-state index contributed by atoms with van der Waals surface area (Å²) in [5.74, 6) is 1.31. The van der Waals surface area contributed by atoms with E-state index in [1.807, 2.05) is 69.3 Å². The molecule has 2 aromatic carbocycles. The van der Waals surface area contributed by atoms with Crippen molar-refractivity contribution in [3.63, 3.8) is 0 Å². The van der Waals surface area contributed by atoms with Gasteiger partial charge in [-0.15, -0.1) is 5.10 Å². The first-order valence-corrected chi connectivity index (χ1v) is 13.2. The number of halogens is 1. The molecule has 1 N–H and O–H groups in total. The molecule has 5 rings (SSSR count). The molecule has 38 heavy (non-hydrogen) atoms. The maximum Gasteiger partial charge on any atom is 0.253 e. The molecular weight excluding hydrogens is 504 g/mol. The molecule has 1 fully saturated rings. The van der Waals surface area contributed by atoms with Crippen molar-refractivity contribution in [1.82, 2.24) is 30.1 Å².